The molecule has 0 N–H and O–H groups in total. The molecule has 0 aliphatic carbocycles. The van der Waals surface area contributed by atoms with Gasteiger partial charge in [0.25, 0.3) is 0 Å². The fraction of sp³-hybridized carbons (Fsp3) is 0.458. The Labute approximate surface area is 195 Å². The van der Waals surface area contributed by atoms with E-state index < -0.39 is 0 Å². The predicted molar refractivity (Wildman–Crippen MR) is 127 cm³/mol. The fourth-order valence-corrected chi connectivity index (χ4v) is 4.58. The summed E-state index contributed by atoms with van der Waals surface area (Å²) in [5.74, 6) is 1.32. The first-order chi connectivity index (χ1) is 14.7. The summed E-state index contributed by atoms with van der Waals surface area (Å²) < 4.78 is 11.6. The van der Waals surface area contributed by atoms with Crippen LogP contribution in [0.2, 0.25) is 5.02 Å². The third kappa shape index (κ3) is 5.65. The summed E-state index contributed by atoms with van der Waals surface area (Å²) in [7, 11) is 1.64. The molecule has 2 aliphatic heterocycles. The average Bonchev–Trinajstić information content (AvgIpc) is 3.16. The van der Waals surface area contributed by atoms with Gasteiger partial charge in [-0.1, -0.05) is 30.2 Å². The summed E-state index contributed by atoms with van der Waals surface area (Å²) in [6, 6.07) is 13.3. The number of piperidine rings is 1. The highest BCUT2D eigenvalue weighted by atomic mass is 35.5. The van der Waals surface area contributed by atoms with Gasteiger partial charge in [0.15, 0.2) is 11.5 Å². The zero-order chi connectivity index (χ0) is 20.9. The molecule has 0 radical (unpaired) electrons. The first-order valence-corrected chi connectivity index (χ1v) is 11.1. The topological polar surface area (TPSA) is 42.0 Å². The predicted octanol–water partition coefficient (Wildman–Crippen LogP) is 5.16. The normalized spacial score (nSPS) is 19.2. The highest BCUT2D eigenvalue weighted by molar-refractivity contribution is 6.30. The third-order valence-corrected chi connectivity index (χ3v) is 6.26. The largest absolute Gasteiger partial charge is 0.493 e. The second-order valence-corrected chi connectivity index (χ2v) is 8.41. The zero-order valence-electron chi connectivity index (χ0n) is 17.9. The molecule has 1 amide bonds. The third-order valence-electron chi connectivity index (χ3n) is 6.03. The Kier molecular flexibility index (Phi) is 8.47. The number of rotatable bonds is 7. The van der Waals surface area contributed by atoms with E-state index in [2.05, 4.69) is 4.90 Å². The molecule has 2 aliphatic rings. The van der Waals surface area contributed by atoms with Crippen LogP contribution in [0.3, 0.4) is 0 Å². The van der Waals surface area contributed by atoms with Gasteiger partial charge in [0.05, 0.1) is 13.0 Å². The monoisotopic (exact) mass is 464 g/mol. The molecule has 0 saturated carbocycles. The number of methoxy groups -OCH3 is 1. The molecular formula is C24H30Cl2N2O3. The van der Waals surface area contributed by atoms with Crippen molar-refractivity contribution in [3.05, 3.63) is 53.1 Å². The van der Waals surface area contributed by atoms with Crippen molar-refractivity contribution >= 4 is 35.6 Å². The summed E-state index contributed by atoms with van der Waals surface area (Å²) in [5, 5.41) is 0.660. The molecule has 2 aromatic carbocycles. The van der Waals surface area contributed by atoms with Crippen molar-refractivity contribution in [3.8, 4) is 11.5 Å². The quantitative estimate of drug-likeness (QED) is 0.567. The average molecular weight is 465 g/mol. The van der Waals surface area contributed by atoms with Gasteiger partial charge in [-0.25, -0.2) is 0 Å². The van der Waals surface area contributed by atoms with Gasteiger partial charge in [-0.05, 0) is 62.2 Å². The number of ether oxygens (including phenoxy) is 2. The minimum Gasteiger partial charge on any atom is -0.493 e. The molecule has 2 aromatic rings. The summed E-state index contributed by atoms with van der Waals surface area (Å²) >= 11 is 6.12. The molecular weight excluding hydrogens is 435 g/mol. The van der Waals surface area contributed by atoms with Crippen molar-refractivity contribution in [2.75, 3.05) is 44.8 Å². The van der Waals surface area contributed by atoms with Crippen molar-refractivity contribution in [1.82, 2.24) is 4.90 Å². The van der Waals surface area contributed by atoms with Crippen molar-refractivity contribution < 1.29 is 14.3 Å². The van der Waals surface area contributed by atoms with E-state index in [0.717, 1.165) is 37.3 Å². The molecule has 2 saturated heterocycles. The summed E-state index contributed by atoms with van der Waals surface area (Å²) in [6.07, 6.45) is 4.64. The molecule has 168 valence electrons. The maximum absolute atomic E-state index is 13.1. The number of nitrogens with zero attached hydrogens (tertiary/aromatic N) is 2. The highest BCUT2D eigenvalue weighted by Crippen LogP contribution is 2.37. The molecule has 2 fully saturated rings. The minimum absolute atomic E-state index is 0. The molecule has 4 rings (SSSR count). The Bertz CT molecular complexity index is 887. The minimum atomic E-state index is -0.158. The van der Waals surface area contributed by atoms with Crippen LogP contribution in [0.25, 0.3) is 0 Å². The Morgan fingerprint density at radius 3 is 2.58 bits per heavy atom. The second kappa shape index (κ2) is 11.1. The van der Waals surface area contributed by atoms with Crippen LogP contribution >= 0.6 is 24.0 Å². The lowest BCUT2D eigenvalue weighted by Crippen LogP contribution is -2.33. The van der Waals surface area contributed by atoms with Crippen LogP contribution in [0, 0.1) is 0 Å². The summed E-state index contributed by atoms with van der Waals surface area (Å²) in [5.41, 5.74) is 1.82. The van der Waals surface area contributed by atoms with Crippen molar-refractivity contribution in [2.45, 2.75) is 31.6 Å². The Morgan fingerprint density at radius 2 is 1.84 bits per heavy atom. The molecule has 0 bridgehead atoms. The number of benzene rings is 2. The van der Waals surface area contributed by atoms with Gasteiger partial charge in [0.2, 0.25) is 5.91 Å². The van der Waals surface area contributed by atoms with Crippen molar-refractivity contribution in [1.29, 1.82) is 0 Å². The summed E-state index contributed by atoms with van der Waals surface area (Å²) in [6.45, 7) is 4.49. The van der Waals surface area contributed by atoms with Crippen LogP contribution in [0.5, 0.6) is 11.5 Å². The van der Waals surface area contributed by atoms with Crippen LogP contribution in [0.1, 0.15) is 37.2 Å². The molecule has 0 aromatic heterocycles. The van der Waals surface area contributed by atoms with Gasteiger partial charge >= 0.3 is 0 Å². The van der Waals surface area contributed by atoms with Gasteiger partial charge < -0.3 is 14.4 Å². The lowest BCUT2D eigenvalue weighted by molar-refractivity contribution is -0.118. The van der Waals surface area contributed by atoms with E-state index in [4.69, 9.17) is 21.1 Å². The molecule has 1 unspecified atom stereocenters. The first-order valence-electron chi connectivity index (χ1n) is 10.8. The second-order valence-electron chi connectivity index (χ2n) is 7.97. The van der Waals surface area contributed by atoms with Gasteiger partial charge in [0.1, 0.15) is 6.61 Å². The number of carbonyl (C=O) groups excluding carboxylic acids is 1. The van der Waals surface area contributed by atoms with Crippen LogP contribution < -0.4 is 14.4 Å². The molecule has 7 heteroatoms. The Hall–Kier alpha value is -1.95. The Morgan fingerprint density at radius 1 is 1.03 bits per heavy atom. The number of hydrogen-bond acceptors (Lipinski definition) is 4. The highest BCUT2D eigenvalue weighted by Gasteiger charge is 2.34. The van der Waals surface area contributed by atoms with Gasteiger partial charge in [0, 0.05) is 29.9 Å². The van der Waals surface area contributed by atoms with Gasteiger partial charge in [-0.3, -0.25) is 9.69 Å². The van der Waals surface area contributed by atoms with Crippen LogP contribution in [-0.2, 0) is 4.79 Å². The molecule has 2 heterocycles. The van der Waals surface area contributed by atoms with E-state index in [1.807, 2.05) is 47.4 Å². The number of halogens is 2. The lowest BCUT2D eigenvalue weighted by Gasteiger charge is -2.26. The van der Waals surface area contributed by atoms with E-state index in [-0.39, 0.29) is 24.2 Å². The number of carbonyl (C=O) groups is 1. The smallest absolute Gasteiger partial charge is 0.234 e. The van der Waals surface area contributed by atoms with Crippen LogP contribution in [0.4, 0.5) is 5.69 Å². The maximum Gasteiger partial charge on any atom is 0.234 e. The van der Waals surface area contributed by atoms with E-state index >= 15 is 0 Å². The lowest BCUT2D eigenvalue weighted by atomic mass is 9.98. The van der Waals surface area contributed by atoms with Crippen molar-refractivity contribution in [3.63, 3.8) is 0 Å². The van der Waals surface area contributed by atoms with Crippen LogP contribution in [0.15, 0.2) is 42.5 Å². The standard InChI is InChI=1S/C24H29ClN2O3.ClH/c1-29-22-9-8-20(17-23(22)30-15-14-26-11-3-2-4-12-26)27-13-10-21(24(27)28)18-6-5-7-19(25)16-18;/h5-9,16-17,21H,2-4,10-15H2,1H3;1H. The fourth-order valence-electron chi connectivity index (χ4n) is 4.38. The first kappa shape index (κ1) is 23.7. The van der Waals surface area contributed by atoms with E-state index in [1.54, 1.807) is 7.11 Å². The van der Waals surface area contributed by atoms with E-state index in [9.17, 15) is 4.79 Å². The van der Waals surface area contributed by atoms with Gasteiger partial charge in [-0.15, -0.1) is 12.4 Å². The van der Waals surface area contributed by atoms with Gasteiger partial charge in [-0.2, -0.15) is 0 Å². The summed E-state index contributed by atoms with van der Waals surface area (Å²) in [4.78, 5) is 17.4. The number of amides is 1. The Balaban J connectivity index is 0.00000272. The SMILES string of the molecule is COc1ccc(N2CCC(c3cccc(Cl)c3)C2=O)cc1OCCN1CCCCC1.Cl. The molecule has 31 heavy (non-hydrogen) atoms. The number of anilines is 1. The van der Waals surface area contributed by atoms with E-state index in [0.29, 0.717) is 29.7 Å². The number of likely N-dealkylation sites (tertiary alicyclic amines) is 1. The maximum atomic E-state index is 13.1. The number of hydrogen-bond donors (Lipinski definition) is 0. The van der Waals surface area contributed by atoms with E-state index in [1.165, 1.54) is 19.3 Å². The molecule has 0 spiro atoms. The molecule has 5 nitrogen and oxygen atoms in total. The van der Waals surface area contributed by atoms with Crippen molar-refractivity contribution in [2.24, 2.45) is 0 Å². The zero-order valence-corrected chi connectivity index (χ0v) is 19.5. The molecule has 1 atom stereocenters. The van der Waals surface area contributed by atoms with Crippen LogP contribution in [-0.4, -0.2) is 50.7 Å².